The van der Waals surface area contributed by atoms with E-state index in [1.165, 1.54) is 95.2 Å². The van der Waals surface area contributed by atoms with Crippen molar-refractivity contribution in [3.63, 3.8) is 0 Å². The minimum absolute atomic E-state index is 0.135. The van der Waals surface area contributed by atoms with Gasteiger partial charge in [-0.25, -0.2) is 0 Å². The van der Waals surface area contributed by atoms with Crippen LogP contribution in [0.5, 0.6) is 0 Å². The van der Waals surface area contributed by atoms with Crippen molar-refractivity contribution >= 4 is 11.8 Å². The Morgan fingerprint density at radius 1 is 0.514 bits per heavy atom. The zero-order valence-corrected chi connectivity index (χ0v) is 40.7. The van der Waals surface area contributed by atoms with Crippen molar-refractivity contribution in [1.82, 2.24) is 0 Å². The third-order valence-electron chi connectivity index (χ3n) is 14.1. The zero-order chi connectivity index (χ0) is 48.7. The molecule has 0 amide bonds. The monoisotopic (exact) mass is 904 g/mol. The minimum Gasteiger partial charge on any atom is -0.326 e. The molecule has 0 aromatic heterocycles. The van der Waals surface area contributed by atoms with Gasteiger partial charge in [-0.15, -0.1) is 0 Å². The van der Waals surface area contributed by atoms with E-state index in [4.69, 9.17) is 11.1 Å². The average Bonchev–Trinajstić information content (AvgIpc) is 3.72. The third kappa shape index (κ3) is 8.87. The maximum absolute atomic E-state index is 8.47. The lowest BCUT2D eigenvalue weighted by Gasteiger charge is -2.46. The number of rotatable bonds is 8. The maximum Gasteiger partial charge on any atom is 0.0719 e. The molecule has 2 heteroatoms. The van der Waals surface area contributed by atoms with Gasteiger partial charge in [-0.05, 0) is 115 Å². The summed E-state index contributed by atoms with van der Waals surface area (Å²) in [5.41, 5.74) is 28.2. The zero-order valence-electron chi connectivity index (χ0n) is 40.7. The summed E-state index contributed by atoms with van der Waals surface area (Å²) in [4.78, 5) is 0. The summed E-state index contributed by atoms with van der Waals surface area (Å²) in [5.74, 6) is 0. The van der Waals surface area contributed by atoms with Gasteiger partial charge in [0.05, 0.1) is 5.41 Å². The van der Waals surface area contributed by atoms with Gasteiger partial charge in [0.25, 0.3) is 0 Å². The molecule has 0 heterocycles. The predicted molar refractivity (Wildman–Crippen MR) is 299 cm³/mol. The van der Waals surface area contributed by atoms with Crippen LogP contribution in [0.25, 0.3) is 50.1 Å². The van der Waals surface area contributed by atoms with Gasteiger partial charge in [0.15, 0.2) is 0 Å². The van der Waals surface area contributed by atoms with Crippen LogP contribution in [0.2, 0.25) is 0 Å². The van der Waals surface area contributed by atoms with Crippen LogP contribution >= 0.6 is 0 Å². The first kappa shape index (κ1) is 46.9. The molecule has 11 rings (SSSR count). The Kier molecular flexibility index (Phi) is 13.8. The first-order valence-electron chi connectivity index (χ1n) is 24.2. The highest BCUT2D eigenvalue weighted by Gasteiger charge is 2.53. The second-order valence-electron chi connectivity index (χ2n) is 18.6. The number of hydrogen-bond donors (Lipinski definition) is 2. The van der Waals surface area contributed by atoms with Crippen LogP contribution < -0.4 is 5.73 Å². The maximum atomic E-state index is 8.47. The molecule has 0 fully saturated rings. The van der Waals surface area contributed by atoms with E-state index in [0.717, 1.165) is 16.7 Å². The van der Waals surface area contributed by atoms with Crippen molar-refractivity contribution in [2.24, 2.45) is 5.73 Å². The Morgan fingerprint density at radius 2 is 0.986 bits per heavy atom. The van der Waals surface area contributed by atoms with Crippen LogP contribution in [0.3, 0.4) is 0 Å². The van der Waals surface area contributed by atoms with E-state index in [2.05, 4.69) is 215 Å². The van der Waals surface area contributed by atoms with Crippen LogP contribution in [0.4, 0.5) is 0 Å². The van der Waals surface area contributed by atoms with Crippen LogP contribution in [-0.2, 0) is 17.4 Å². The highest BCUT2D eigenvalue weighted by atomic mass is 14.6. The van der Waals surface area contributed by atoms with Gasteiger partial charge in [-0.3, -0.25) is 0 Å². The van der Waals surface area contributed by atoms with Gasteiger partial charge in [0.1, 0.15) is 0 Å². The van der Waals surface area contributed by atoms with Crippen LogP contribution in [0.1, 0.15) is 76.4 Å². The minimum atomic E-state index is -0.458. The number of hydrogen-bond acceptors (Lipinski definition) is 2. The summed E-state index contributed by atoms with van der Waals surface area (Å²) < 4.78 is 0. The number of nitrogens with two attached hydrogens (primary N) is 1. The Balaban J connectivity index is 0.000000228. The van der Waals surface area contributed by atoms with Crippen molar-refractivity contribution < 1.29 is 0 Å². The number of allylic oxidation sites excluding steroid dienone is 5. The normalized spacial score (nSPS) is 13.4. The van der Waals surface area contributed by atoms with Crippen molar-refractivity contribution in [2.75, 3.05) is 0 Å². The second kappa shape index (κ2) is 20.6. The summed E-state index contributed by atoms with van der Waals surface area (Å²) in [7, 11) is 0. The molecule has 0 saturated heterocycles. The molecule has 1 spiro atoms. The molecule has 342 valence electrons. The predicted octanol–water partition coefficient (Wildman–Crippen LogP) is 17.0. The topological polar surface area (TPSA) is 49.9 Å². The Labute approximate surface area is 415 Å². The molecule has 0 radical (unpaired) electrons. The van der Waals surface area contributed by atoms with E-state index < -0.39 is 5.41 Å². The fourth-order valence-corrected chi connectivity index (χ4v) is 10.5. The number of nitrogens with one attached hydrogen (secondary N) is 1. The molecule has 3 N–H and O–H groups in total. The fraction of sp³-hybridized carbons (Fsp3) is 0.103. The molecule has 9 aromatic carbocycles. The average molecular weight is 905 g/mol. The molecule has 0 saturated carbocycles. The molecule has 9 aromatic rings. The van der Waals surface area contributed by atoms with Gasteiger partial charge >= 0.3 is 0 Å². The van der Waals surface area contributed by atoms with Crippen LogP contribution in [-0.4, -0.2) is 6.21 Å². The van der Waals surface area contributed by atoms with E-state index >= 15 is 0 Å². The second-order valence-corrected chi connectivity index (χ2v) is 18.6. The summed E-state index contributed by atoms with van der Waals surface area (Å²) >= 11 is 0. The van der Waals surface area contributed by atoms with Crippen molar-refractivity contribution in [2.45, 2.75) is 45.1 Å². The van der Waals surface area contributed by atoms with Crippen molar-refractivity contribution in [3.8, 4) is 44.5 Å². The quantitative estimate of drug-likeness (QED) is 0.116. The SMILES string of the molecule is C=C/C(=C\C=C/C)c1ccc(CN)cc1.CC1(C)c2ccccc2C2(c3ccc(-c4ccc(-c5ccc(-c6ccccc6)cc5)cc4)cc3-c3c(C=N)cccc32)c2ccccc21.Cc1ccccc1. The molecular formula is C68H60N2. The lowest BCUT2D eigenvalue weighted by atomic mass is 9.55. The summed E-state index contributed by atoms with van der Waals surface area (Å²) in [6, 6.07) is 78.4. The van der Waals surface area contributed by atoms with Crippen LogP contribution in [0.15, 0.2) is 249 Å². The molecule has 0 aliphatic heterocycles. The van der Waals surface area contributed by atoms with Gasteiger partial charge < -0.3 is 11.1 Å². The van der Waals surface area contributed by atoms with Crippen molar-refractivity contribution in [3.05, 3.63) is 305 Å². The summed E-state index contributed by atoms with van der Waals surface area (Å²) in [6.45, 7) is 13.2. The first-order valence-corrected chi connectivity index (χ1v) is 24.2. The molecule has 2 aliphatic rings. The molecule has 2 nitrogen and oxygen atoms in total. The van der Waals surface area contributed by atoms with E-state index in [1.807, 2.05) is 61.6 Å². The molecule has 0 unspecified atom stereocenters. The van der Waals surface area contributed by atoms with Gasteiger partial charge in [0.2, 0.25) is 0 Å². The standard InChI is InChI=1S/C47H35N.C14H17N.C7H8/c1-46(2)40-14-6-8-16-42(40)47(43-17-9-7-15-41(43)46)39-28-27-36(29-38(39)45-37(30-48)13-10-18-44(45)47)35-25-23-34(24-26-35)33-21-19-32(20-22-33)31-11-4-3-5-12-31;1-3-5-6-13(4-2)14-9-7-12(11-15)8-10-14;1-7-5-3-2-4-6-7/h3-30,48H,1-2H3;3-10H,2,11,15H2,1H3;2-6H,1H3/b;5-3-,13-6+;. The van der Waals surface area contributed by atoms with E-state index in [0.29, 0.717) is 6.54 Å². The molecule has 0 bridgehead atoms. The van der Waals surface area contributed by atoms with Gasteiger partial charge in [-0.2, -0.15) is 0 Å². The first-order chi connectivity index (χ1) is 34.2. The highest BCUT2D eigenvalue weighted by Crippen LogP contribution is 2.62. The van der Waals surface area contributed by atoms with Gasteiger partial charge in [-0.1, -0.05) is 263 Å². The Morgan fingerprint density at radius 3 is 1.47 bits per heavy atom. The number of aryl methyl sites for hydroxylation is 1. The molecular weight excluding hydrogens is 845 g/mol. The van der Waals surface area contributed by atoms with Crippen molar-refractivity contribution in [1.29, 1.82) is 5.41 Å². The Bertz CT molecular complexity index is 3290. The summed E-state index contributed by atoms with van der Waals surface area (Å²) in [6.07, 6.45) is 9.43. The lowest BCUT2D eigenvalue weighted by molar-refractivity contribution is 0.563. The smallest absolute Gasteiger partial charge is 0.0719 e. The number of benzene rings is 9. The highest BCUT2D eigenvalue weighted by molar-refractivity contribution is 5.99. The van der Waals surface area contributed by atoms with Gasteiger partial charge in [0, 0.05) is 23.7 Å². The van der Waals surface area contributed by atoms with E-state index in [-0.39, 0.29) is 5.41 Å². The Hall–Kier alpha value is -8.17. The molecule has 2 aliphatic carbocycles. The fourth-order valence-electron chi connectivity index (χ4n) is 10.5. The lowest BCUT2D eigenvalue weighted by Crippen LogP contribution is -2.40. The summed E-state index contributed by atoms with van der Waals surface area (Å²) in [5, 5.41) is 8.47. The van der Waals surface area contributed by atoms with Crippen LogP contribution in [0, 0.1) is 12.3 Å². The van der Waals surface area contributed by atoms with E-state index in [9.17, 15) is 0 Å². The number of fused-ring (bicyclic) bond motifs is 9. The molecule has 70 heavy (non-hydrogen) atoms. The van der Waals surface area contributed by atoms with E-state index in [1.54, 1.807) is 0 Å². The third-order valence-corrected chi connectivity index (χ3v) is 14.1. The largest absolute Gasteiger partial charge is 0.326 e. The molecule has 0 atom stereocenters.